The van der Waals surface area contributed by atoms with Crippen molar-refractivity contribution in [1.29, 1.82) is 0 Å². The minimum Gasteiger partial charge on any atom is -0.481 e. The predicted octanol–water partition coefficient (Wildman–Crippen LogP) is 4.69. The van der Waals surface area contributed by atoms with Gasteiger partial charge in [0.05, 0.1) is 18.4 Å². The molecule has 13 nitrogen and oxygen atoms in total. The largest absolute Gasteiger partial charge is 0.481 e. The number of anilines is 1. The van der Waals surface area contributed by atoms with Crippen LogP contribution in [0.2, 0.25) is 0 Å². The molecule has 0 bridgehead atoms. The number of carbonyl (C=O) groups is 3. The molecule has 0 unspecified atom stereocenters. The molecule has 5 N–H and O–H groups in total. The number of amides is 1. The number of nitrogens with two attached hydrogens (primary N) is 1. The lowest BCUT2D eigenvalue weighted by Crippen LogP contribution is -2.72. The minimum absolute atomic E-state index is 0.00241. The first kappa shape index (κ1) is 42.5. The van der Waals surface area contributed by atoms with Crippen molar-refractivity contribution in [3.63, 3.8) is 0 Å². The van der Waals surface area contributed by atoms with Crippen LogP contribution in [-0.4, -0.2) is 99.4 Å². The molecule has 1 spiro atoms. The van der Waals surface area contributed by atoms with E-state index >= 15 is 0 Å². The highest BCUT2D eigenvalue weighted by Gasteiger charge is 2.64. The highest BCUT2D eigenvalue weighted by Crippen LogP contribution is 2.59. The Morgan fingerprint density at radius 2 is 2.03 bits per heavy atom. The summed E-state index contributed by atoms with van der Waals surface area (Å²) < 4.78 is 19.8. The Labute approximate surface area is 357 Å². The molecule has 2 fully saturated rings. The van der Waals surface area contributed by atoms with E-state index in [1.165, 1.54) is 0 Å². The number of pyridine rings is 1. The lowest BCUT2D eigenvalue weighted by Gasteiger charge is -2.58. The average Bonchev–Trinajstić information content (AvgIpc) is 3.59. The summed E-state index contributed by atoms with van der Waals surface area (Å²) in [7, 11) is 5.32. The average molecular weight is 859 g/mol. The van der Waals surface area contributed by atoms with Crippen molar-refractivity contribution in [2.24, 2.45) is 17.8 Å². The van der Waals surface area contributed by atoms with Crippen molar-refractivity contribution in [2.75, 3.05) is 38.3 Å². The van der Waals surface area contributed by atoms with E-state index in [9.17, 15) is 29.4 Å². The van der Waals surface area contributed by atoms with Crippen molar-refractivity contribution in [1.82, 2.24) is 15.2 Å². The monoisotopic (exact) mass is 858 g/mol. The number of aliphatic hydroxyl groups excluding tert-OH is 2. The van der Waals surface area contributed by atoms with E-state index in [1.54, 1.807) is 59.8 Å². The van der Waals surface area contributed by atoms with Crippen LogP contribution in [-0.2, 0) is 38.4 Å². The second-order valence-electron chi connectivity index (χ2n) is 17.3. The molecule has 3 aromatic rings. The van der Waals surface area contributed by atoms with Gasteiger partial charge in [0.2, 0.25) is 5.91 Å². The summed E-state index contributed by atoms with van der Waals surface area (Å²) in [5.74, 6) is 0.0907. The van der Waals surface area contributed by atoms with Gasteiger partial charge >= 0.3 is 11.6 Å². The summed E-state index contributed by atoms with van der Waals surface area (Å²) in [5, 5.41) is 23.5. The Bertz CT molecular complexity index is 2320. The summed E-state index contributed by atoms with van der Waals surface area (Å²) in [6.07, 6.45) is 9.35. The standard InChI is InChI=1S/C45H54N4O9S2/c1-5-24(2)42(54)58-44(3)9-8-26-23-59-60-36-14-31(22-52)40(47-4)33-20-49(41(33)36)38(53)15-30-19-48-37(46)16-32(30)39(26)45(44)18-29-13-27-12-28(11-25(21-51)7-6-10-50)43(55)56-34(27)17-35(29)57-45/h5,8,12-13,16-17,19,22,25,31,33,36,39-41,47,50-51H,6-7,9-11,14-15,18,20-21,23H2,1-4H3,(H2,46,48)/b24-5+/t25-,31-,33-,36-,39-,40-,41-,44-,45-/m1/s1. The van der Waals surface area contributed by atoms with Gasteiger partial charge in [0.1, 0.15) is 23.4 Å². The number of aromatic nitrogens is 1. The fraction of sp³-hybridized carbons (Fsp3) is 0.533. The van der Waals surface area contributed by atoms with Crippen molar-refractivity contribution < 1.29 is 38.5 Å². The molecule has 320 valence electrons. The number of hydrogen-bond acceptors (Lipinski definition) is 14. The third kappa shape index (κ3) is 7.37. The van der Waals surface area contributed by atoms with E-state index in [1.807, 2.05) is 31.0 Å². The van der Waals surface area contributed by atoms with Gasteiger partial charge in [0.25, 0.3) is 0 Å². The molecule has 0 radical (unpaired) electrons. The highest BCUT2D eigenvalue weighted by atomic mass is 33.1. The van der Waals surface area contributed by atoms with Crippen LogP contribution >= 0.6 is 21.6 Å². The van der Waals surface area contributed by atoms with Gasteiger partial charge in [-0.25, -0.2) is 14.6 Å². The Morgan fingerprint density at radius 3 is 2.77 bits per heavy atom. The summed E-state index contributed by atoms with van der Waals surface area (Å²) in [6.45, 7) is 5.84. The maximum absolute atomic E-state index is 14.5. The molecule has 5 aliphatic rings. The van der Waals surface area contributed by atoms with E-state index in [-0.39, 0.29) is 66.4 Å². The quantitative estimate of drug-likeness (QED) is 0.0548. The second kappa shape index (κ2) is 17.0. The molecule has 1 amide bonds. The second-order valence-corrected chi connectivity index (χ2v) is 19.9. The number of nitrogen functional groups attached to an aromatic ring is 1. The molecule has 15 heteroatoms. The molecular formula is C45H54N4O9S2. The topological polar surface area (TPSA) is 195 Å². The lowest BCUT2D eigenvalue weighted by atomic mass is 9.61. The number of fused-ring (bicyclic) bond motifs is 6. The van der Waals surface area contributed by atoms with Gasteiger partial charge in [0, 0.05) is 90.3 Å². The molecule has 1 saturated carbocycles. The van der Waals surface area contributed by atoms with Crippen LogP contribution in [0.3, 0.4) is 0 Å². The molecule has 5 heterocycles. The lowest BCUT2D eigenvalue weighted by molar-refractivity contribution is -0.183. The summed E-state index contributed by atoms with van der Waals surface area (Å²) >= 11 is 0. The first-order chi connectivity index (χ1) is 28.9. The van der Waals surface area contributed by atoms with Gasteiger partial charge in [-0.2, -0.15) is 0 Å². The zero-order valence-electron chi connectivity index (χ0n) is 34.5. The van der Waals surface area contributed by atoms with Gasteiger partial charge in [-0.3, -0.25) is 4.79 Å². The number of nitrogens with zero attached hydrogens (tertiary/aromatic N) is 2. The van der Waals surface area contributed by atoms with Crippen molar-refractivity contribution in [3.8, 4) is 5.75 Å². The third-order valence-electron chi connectivity index (χ3n) is 13.8. The number of ether oxygens (including phenoxy) is 2. The maximum atomic E-state index is 14.5. The van der Waals surface area contributed by atoms with Crippen molar-refractivity contribution in [2.45, 2.75) is 100 Å². The maximum Gasteiger partial charge on any atom is 0.339 e. The van der Waals surface area contributed by atoms with E-state index in [0.717, 1.165) is 23.0 Å². The van der Waals surface area contributed by atoms with Crippen LogP contribution in [0.25, 0.3) is 11.0 Å². The third-order valence-corrected chi connectivity index (χ3v) is 16.6. The summed E-state index contributed by atoms with van der Waals surface area (Å²) in [4.78, 5) is 60.4. The Hall–Kier alpha value is -4.15. The van der Waals surface area contributed by atoms with Crippen LogP contribution in [0, 0.1) is 17.8 Å². The summed E-state index contributed by atoms with van der Waals surface area (Å²) in [6, 6.07) is 7.32. The van der Waals surface area contributed by atoms with Gasteiger partial charge < -0.3 is 44.8 Å². The smallest absolute Gasteiger partial charge is 0.339 e. The molecule has 60 heavy (non-hydrogen) atoms. The van der Waals surface area contributed by atoms with Crippen LogP contribution in [0.1, 0.15) is 74.6 Å². The molecule has 1 saturated heterocycles. The minimum atomic E-state index is -1.26. The van der Waals surface area contributed by atoms with Gasteiger partial charge in [-0.1, -0.05) is 39.3 Å². The van der Waals surface area contributed by atoms with Gasteiger partial charge in [-0.15, -0.1) is 0 Å². The Kier molecular flexibility index (Phi) is 12.0. The molecule has 3 aliphatic heterocycles. The van der Waals surface area contributed by atoms with Gasteiger partial charge in [-0.05, 0) is 94.3 Å². The number of hydrogen-bond donors (Lipinski definition) is 4. The first-order valence-corrected chi connectivity index (χ1v) is 23.3. The molecule has 2 aromatic heterocycles. The Morgan fingerprint density at radius 1 is 1.22 bits per heavy atom. The fourth-order valence-corrected chi connectivity index (χ4v) is 13.6. The van der Waals surface area contributed by atoms with Crippen LogP contribution in [0.5, 0.6) is 5.75 Å². The zero-order chi connectivity index (χ0) is 42.5. The number of allylic oxidation sites excluding steroid dienone is 1. The fourth-order valence-electron chi connectivity index (χ4n) is 10.4. The zero-order valence-corrected chi connectivity index (χ0v) is 36.1. The molecule has 1 aromatic carbocycles. The highest BCUT2D eigenvalue weighted by molar-refractivity contribution is 8.77. The SMILES string of the molecule is C/C=C(\C)C(=O)O[C@]1(C)CC=C2CSS[C@@H]3C[C@H](C=O)[C@@H](NC)[C@H]4CN(C(=O)Cc5cnc(N)cc5[C@@H]2[C@]12Cc1cc5cc(C[C@H](CO)CCCO)c(=O)oc5cc1O2)[C@H]43. The summed E-state index contributed by atoms with van der Waals surface area (Å²) in [5.41, 5.74) is 8.05. The van der Waals surface area contributed by atoms with Crippen molar-refractivity contribution >= 4 is 56.5 Å². The van der Waals surface area contributed by atoms with Crippen LogP contribution in [0.4, 0.5) is 5.82 Å². The molecular weight excluding hydrogens is 805 g/mol. The normalized spacial score (nSPS) is 30.4. The number of aldehydes is 1. The van der Waals surface area contributed by atoms with Gasteiger partial charge in [0.15, 0.2) is 11.2 Å². The number of aliphatic hydroxyl groups is 2. The molecule has 2 aliphatic carbocycles. The van der Waals surface area contributed by atoms with E-state index in [2.05, 4.69) is 16.4 Å². The number of nitrogens with one attached hydrogen (secondary N) is 1. The van der Waals surface area contributed by atoms with Crippen LogP contribution < -0.4 is 21.4 Å². The van der Waals surface area contributed by atoms with E-state index in [4.69, 9.17) is 19.6 Å². The number of esters is 1. The first-order valence-electron chi connectivity index (χ1n) is 20.9. The molecule has 8 rings (SSSR count). The van der Waals surface area contributed by atoms with Crippen molar-refractivity contribution in [3.05, 3.63) is 86.4 Å². The number of carbonyl (C=O) groups excluding carboxylic acids is 3. The van der Waals surface area contributed by atoms with E-state index in [0.29, 0.717) is 84.2 Å². The van der Waals surface area contributed by atoms with E-state index < -0.39 is 28.7 Å². The number of benzene rings is 1. The van der Waals surface area contributed by atoms with Crippen LogP contribution in [0.15, 0.2) is 63.0 Å². The molecule has 9 atom stereocenters. The predicted molar refractivity (Wildman–Crippen MR) is 232 cm³/mol. The Balaban J connectivity index is 1.25. The number of rotatable bonds is 10.